The highest BCUT2D eigenvalue weighted by Crippen LogP contribution is 2.17. The van der Waals surface area contributed by atoms with Gasteiger partial charge in [0.15, 0.2) is 5.78 Å². The molecule has 2 aromatic rings. The van der Waals surface area contributed by atoms with E-state index in [1.54, 1.807) is 54.6 Å². The van der Waals surface area contributed by atoms with Gasteiger partial charge in [0.2, 0.25) is 11.4 Å². The van der Waals surface area contributed by atoms with Gasteiger partial charge in [-0.3, -0.25) is 9.59 Å². The summed E-state index contributed by atoms with van der Waals surface area (Å²) >= 11 is 0. The molecule has 0 aliphatic heterocycles. The Kier molecular flexibility index (Phi) is 5.30. The van der Waals surface area contributed by atoms with Gasteiger partial charge in [-0.25, -0.2) is 4.79 Å². The molecule has 2 aromatic carbocycles. The fourth-order valence-corrected chi connectivity index (χ4v) is 2.47. The lowest BCUT2D eigenvalue weighted by molar-refractivity contribution is -0.144. The molecule has 0 heterocycles. The second kappa shape index (κ2) is 7.41. The van der Waals surface area contributed by atoms with Crippen molar-refractivity contribution in [1.82, 2.24) is 5.32 Å². The zero-order chi connectivity index (χ0) is 18.4. The maximum absolute atomic E-state index is 12.5. The lowest BCUT2D eigenvalue weighted by Gasteiger charge is -2.22. The Morgan fingerprint density at radius 3 is 2.28 bits per heavy atom. The Hall–Kier alpha value is -3.46. The highest BCUT2D eigenvalue weighted by atomic mass is 16.4. The van der Waals surface area contributed by atoms with Gasteiger partial charge in [-0.2, -0.15) is 5.26 Å². The van der Waals surface area contributed by atoms with E-state index in [9.17, 15) is 24.8 Å². The van der Waals surface area contributed by atoms with Crippen molar-refractivity contribution in [1.29, 1.82) is 5.26 Å². The molecule has 1 amide bonds. The van der Waals surface area contributed by atoms with Crippen LogP contribution in [0.1, 0.15) is 28.4 Å². The van der Waals surface area contributed by atoms with Crippen molar-refractivity contribution in [3.05, 3.63) is 71.3 Å². The molecule has 6 heteroatoms. The quantitative estimate of drug-likeness (QED) is 0.784. The molecule has 0 aliphatic carbocycles. The average molecular weight is 336 g/mol. The van der Waals surface area contributed by atoms with Crippen LogP contribution in [0, 0.1) is 11.3 Å². The second-order valence-corrected chi connectivity index (χ2v) is 5.58. The molecule has 0 bridgehead atoms. The maximum Gasteiger partial charge on any atom is 0.344 e. The van der Waals surface area contributed by atoms with E-state index in [0.717, 1.165) is 6.92 Å². The van der Waals surface area contributed by atoms with Gasteiger partial charge in [0, 0.05) is 24.5 Å². The van der Waals surface area contributed by atoms with Crippen molar-refractivity contribution in [3.63, 3.8) is 0 Å². The number of carboxylic acids is 1. The zero-order valence-corrected chi connectivity index (χ0v) is 13.5. The van der Waals surface area contributed by atoms with Crippen molar-refractivity contribution >= 4 is 17.7 Å². The van der Waals surface area contributed by atoms with Crippen molar-refractivity contribution in [3.8, 4) is 6.07 Å². The van der Waals surface area contributed by atoms with Crippen LogP contribution < -0.4 is 5.32 Å². The van der Waals surface area contributed by atoms with Crippen LogP contribution in [0.4, 0.5) is 0 Å². The molecule has 0 saturated carbocycles. The molecule has 0 spiro atoms. The molecule has 0 saturated heterocycles. The third-order valence-electron chi connectivity index (χ3n) is 3.64. The van der Waals surface area contributed by atoms with E-state index in [0.29, 0.717) is 16.7 Å². The fraction of sp³-hybridized carbons (Fsp3) is 0.158. The predicted molar refractivity (Wildman–Crippen MR) is 89.8 cm³/mol. The first-order valence-corrected chi connectivity index (χ1v) is 7.50. The predicted octanol–water partition coefficient (Wildman–Crippen LogP) is 1.94. The number of nitriles is 1. The van der Waals surface area contributed by atoms with E-state index in [2.05, 4.69) is 5.32 Å². The minimum Gasteiger partial charge on any atom is -0.479 e. The van der Waals surface area contributed by atoms with Gasteiger partial charge in [0.1, 0.15) is 6.07 Å². The van der Waals surface area contributed by atoms with E-state index in [1.807, 2.05) is 0 Å². The molecule has 0 radical (unpaired) electrons. The number of carbonyl (C=O) groups is 3. The summed E-state index contributed by atoms with van der Waals surface area (Å²) in [7, 11) is 0. The first kappa shape index (κ1) is 17.9. The largest absolute Gasteiger partial charge is 0.479 e. The van der Waals surface area contributed by atoms with Crippen LogP contribution in [0.15, 0.2) is 54.6 Å². The standard InChI is InChI=1S/C19H16N2O4/c1-13(22)21-19(12-20,18(24)25)11-14-6-5-9-16(10-14)17(23)15-7-3-2-4-8-15/h2-10H,11H2,1H3,(H,21,22)(H,24,25). The van der Waals surface area contributed by atoms with Crippen LogP contribution in [0.3, 0.4) is 0 Å². The van der Waals surface area contributed by atoms with Crippen LogP contribution in [0.5, 0.6) is 0 Å². The first-order valence-electron chi connectivity index (χ1n) is 7.50. The fourth-order valence-electron chi connectivity index (χ4n) is 2.47. The summed E-state index contributed by atoms with van der Waals surface area (Å²) in [5, 5.41) is 20.9. The van der Waals surface area contributed by atoms with Crippen molar-refractivity contribution in [2.24, 2.45) is 0 Å². The smallest absolute Gasteiger partial charge is 0.344 e. The second-order valence-electron chi connectivity index (χ2n) is 5.58. The van der Waals surface area contributed by atoms with Gasteiger partial charge in [0.05, 0.1) is 0 Å². The van der Waals surface area contributed by atoms with Gasteiger partial charge in [-0.15, -0.1) is 0 Å². The van der Waals surface area contributed by atoms with E-state index in [-0.39, 0.29) is 12.2 Å². The summed E-state index contributed by atoms with van der Waals surface area (Å²) in [6.07, 6.45) is -0.256. The highest BCUT2D eigenvalue weighted by molar-refractivity contribution is 6.09. The molecule has 1 atom stereocenters. The van der Waals surface area contributed by atoms with Gasteiger partial charge >= 0.3 is 5.97 Å². The van der Waals surface area contributed by atoms with Gasteiger partial charge in [-0.1, -0.05) is 48.5 Å². The summed E-state index contributed by atoms with van der Waals surface area (Å²) in [6.45, 7) is 1.14. The summed E-state index contributed by atoms with van der Waals surface area (Å²) in [5.74, 6) is -2.29. The minimum absolute atomic E-state index is 0.208. The lowest BCUT2D eigenvalue weighted by atomic mass is 9.90. The number of benzene rings is 2. The highest BCUT2D eigenvalue weighted by Gasteiger charge is 2.40. The molecule has 6 nitrogen and oxygen atoms in total. The van der Waals surface area contributed by atoms with E-state index in [4.69, 9.17) is 0 Å². The van der Waals surface area contributed by atoms with Gasteiger partial charge in [0.25, 0.3) is 0 Å². The van der Waals surface area contributed by atoms with Crippen molar-refractivity contribution < 1.29 is 19.5 Å². The normalized spacial score (nSPS) is 12.5. The van der Waals surface area contributed by atoms with Crippen molar-refractivity contribution in [2.75, 3.05) is 0 Å². The third kappa shape index (κ3) is 4.09. The number of amides is 1. The van der Waals surface area contributed by atoms with Crippen molar-refractivity contribution in [2.45, 2.75) is 18.9 Å². The molecule has 0 aliphatic rings. The van der Waals surface area contributed by atoms with E-state index < -0.39 is 17.4 Å². The summed E-state index contributed by atoms with van der Waals surface area (Å²) < 4.78 is 0. The lowest BCUT2D eigenvalue weighted by Crippen LogP contribution is -2.54. The SMILES string of the molecule is CC(=O)NC(C#N)(Cc1cccc(C(=O)c2ccccc2)c1)C(=O)O. The van der Waals surface area contributed by atoms with Crippen LogP contribution in [0.2, 0.25) is 0 Å². The Labute approximate surface area is 144 Å². The van der Waals surface area contributed by atoms with Crippen LogP contribution in [-0.4, -0.2) is 28.3 Å². The average Bonchev–Trinajstić information content (AvgIpc) is 2.60. The van der Waals surface area contributed by atoms with Gasteiger partial charge < -0.3 is 10.4 Å². The number of aliphatic carboxylic acids is 1. The number of carbonyl (C=O) groups excluding carboxylic acids is 2. The molecule has 0 aromatic heterocycles. The van der Waals surface area contributed by atoms with Crippen LogP contribution >= 0.6 is 0 Å². The summed E-state index contributed by atoms with van der Waals surface area (Å²) in [4.78, 5) is 35.3. The number of carboxylic acid groups (broad SMARTS) is 1. The molecule has 1 unspecified atom stereocenters. The number of hydrogen-bond donors (Lipinski definition) is 2. The summed E-state index contributed by atoms with van der Waals surface area (Å²) in [6, 6.07) is 16.7. The Morgan fingerprint density at radius 1 is 1.08 bits per heavy atom. The zero-order valence-electron chi connectivity index (χ0n) is 13.5. The Balaban J connectivity index is 2.35. The minimum atomic E-state index is -2.08. The number of nitrogens with zero attached hydrogens (tertiary/aromatic N) is 1. The van der Waals surface area contributed by atoms with E-state index >= 15 is 0 Å². The van der Waals surface area contributed by atoms with E-state index in [1.165, 1.54) is 6.07 Å². The number of nitrogens with one attached hydrogen (secondary N) is 1. The molecular formula is C19H16N2O4. The first-order chi connectivity index (χ1) is 11.9. The Bertz CT molecular complexity index is 855. The molecule has 0 fully saturated rings. The molecule has 126 valence electrons. The topological polar surface area (TPSA) is 107 Å². The number of hydrogen-bond acceptors (Lipinski definition) is 4. The third-order valence-corrected chi connectivity index (χ3v) is 3.64. The molecular weight excluding hydrogens is 320 g/mol. The molecule has 2 N–H and O–H groups in total. The van der Waals surface area contributed by atoms with Gasteiger partial charge in [-0.05, 0) is 11.6 Å². The number of rotatable bonds is 6. The monoisotopic (exact) mass is 336 g/mol. The molecule has 2 rings (SSSR count). The molecule has 25 heavy (non-hydrogen) atoms. The van der Waals surface area contributed by atoms with Crippen LogP contribution in [0.25, 0.3) is 0 Å². The van der Waals surface area contributed by atoms with Crippen LogP contribution in [-0.2, 0) is 16.0 Å². The Morgan fingerprint density at radius 2 is 1.72 bits per heavy atom. The summed E-state index contributed by atoms with van der Waals surface area (Å²) in [5.41, 5.74) is -0.741. The maximum atomic E-state index is 12.5. The number of ketones is 1.